The maximum Gasteiger partial charge on any atom is 0.223 e. The highest BCUT2D eigenvalue weighted by Gasteiger charge is 2.47. The molecule has 0 radical (unpaired) electrons. The largest absolute Gasteiger partial charge is 0.390 e. The van der Waals surface area contributed by atoms with Crippen molar-refractivity contribution in [1.29, 1.82) is 0 Å². The van der Waals surface area contributed by atoms with Crippen LogP contribution in [0.1, 0.15) is 44.9 Å². The lowest BCUT2D eigenvalue weighted by molar-refractivity contribution is -0.155. The Hall–Kier alpha value is -0.650. The van der Waals surface area contributed by atoms with Crippen molar-refractivity contribution >= 4 is 5.91 Å². The van der Waals surface area contributed by atoms with Gasteiger partial charge in [-0.25, -0.2) is 0 Å². The maximum absolute atomic E-state index is 12.4. The molecule has 3 fully saturated rings. The van der Waals surface area contributed by atoms with Gasteiger partial charge in [0.25, 0.3) is 0 Å². The average Bonchev–Trinajstić information content (AvgIpc) is 2.98. The van der Waals surface area contributed by atoms with Crippen molar-refractivity contribution in [3.8, 4) is 0 Å². The first kappa shape index (κ1) is 15.3. The Kier molecular flexibility index (Phi) is 4.82. The van der Waals surface area contributed by atoms with E-state index in [1.165, 1.54) is 19.3 Å². The number of carbonyl (C=O) groups is 1. The zero-order valence-corrected chi connectivity index (χ0v) is 12.9. The minimum absolute atomic E-state index is 0.224. The summed E-state index contributed by atoms with van der Waals surface area (Å²) in [6.45, 7) is 5.12. The SMILES string of the molecule is O=C(CCN1CCCCC1)N1CC[C@H](O)[C@]2(CCCO2)C1. The lowest BCUT2D eigenvalue weighted by Gasteiger charge is -2.43. The second kappa shape index (κ2) is 6.63. The van der Waals surface area contributed by atoms with E-state index in [4.69, 9.17) is 4.74 Å². The van der Waals surface area contributed by atoms with E-state index in [1.807, 2.05) is 4.90 Å². The molecule has 1 N–H and O–H groups in total. The highest BCUT2D eigenvalue weighted by Crippen LogP contribution is 2.34. The van der Waals surface area contributed by atoms with E-state index in [-0.39, 0.29) is 5.91 Å². The normalized spacial score (nSPS) is 34.5. The van der Waals surface area contributed by atoms with Crippen molar-refractivity contribution < 1.29 is 14.6 Å². The van der Waals surface area contributed by atoms with Crippen LogP contribution in [-0.2, 0) is 9.53 Å². The number of likely N-dealkylation sites (tertiary alicyclic amines) is 2. The molecule has 0 aromatic heterocycles. The Labute approximate surface area is 127 Å². The van der Waals surface area contributed by atoms with E-state index < -0.39 is 11.7 Å². The molecule has 3 saturated heterocycles. The lowest BCUT2D eigenvalue weighted by Crippen LogP contribution is -2.58. The molecule has 0 aromatic carbocycles. The summed E-state index contributed by atoms with van der Waals surface area (Å²) >= 11 is 0. The fourth-order valence-corrected chi connectivity index (χ4v) is 3.96. The van der Waals surface area contributed by atoms with Gasteiger partial charge in [-0.1, -0.05) is 6.42 Å². The first-order chi connectivity index (χ1) is 10.2. The van der Waals surface area contributed by atoms with Crippen molar-refractivity contribution in [3.05, 3.63) is 0 Å². The van der Waals surface area contributed by atoms with Crippen molar-refractivity contribution in [1.82, 2.24) is 9.80 Å². The Morgan fingerprint density at radius 1 is 1.19 bits per heavy atom. The molecule has 3 heterocycles. The Bertz CT molecular complexity index is 363. The predicted molar refractivity (Wildman–Crippen MR) is 80.0 cm³/mol. The average molecular weight is 296 g/mol. The van der Waals surface area contributed by atoms with Crippen LogP contribution >= 0.6 is 0 Å². The topological polar surface area (TPSA) is 53.0 Å². The van der Waals surface area contributed by atoms with Crippen LogP contribution in [0.5, 0.6) is 0 Å². The van der Waals surface area contributed by atoms with Crippen LogP contribution < -0.4 is 0 Å². The minimum Gasteiger partial charge on any atom is -0.390 e. The van der Waals surface area contributed by atoms with Gasteiger partial charge in [-0.3, -0.25) is 4.79 Å². The third-order valence-electron chi connectivity index (χ3n) is 5.32. The van der Waals surface area contributed by atoms with Gasteiger partial charge in [0.05, 0.1) is 12.6 Å². The smallest absolute Gasteiger partial charge is 0.223 e. The first-order valence-electron chi connectivity index (χ1n) is 8.52. The number of ether oxygens (including phenoxy) is 1. The molecule has 3 rings (SSSR count). The quantitative estimate of drug-likeness (QED) is 0.844. The molecule has 0 unspecified atom stereocenters. The van der Waals surface area contributed by atoms with Gasteiger partial charge in [0.1, 0.15) is 5.60 Å². The van der Waals surface area contributed by atoms with Gasteiger partial charge >= 0.3 is 0 Å². The molecule has 5 nitrogen and oxygen atoms in total. The van der Waals surface area contributed by atoms with Crippen molar-refractivity contribution in [3.63, 3.8) is 0 Å². The summed E-state index contributed by atoms with van der Waals surface area (Å²) in [7, 11) is 0. The highest BCUT2D eigenvalue weighted by atomic mass is 16.5. The van der Waals surface area contributed by atoms with Crippen LogP contribution in [0.25, 0.3) is 0 Å². The van der Waals surface area contributed by atoms with E-state index in [0.29, 0.717) is 32.5 Å². The van der Waals surface area contributed by atoms with E-state index in [1.54, 1.807) is 0 Å². The van der Waals surface area contributed by atoms with Crippen LogP contribution in [0, 0.1) is 0 Å². The molecular weight excluding hydrogens is 268 g/mol. The molecule has 5 heteroatoms. The number of piperidine rings is 2. The Balaban J connectivity index is 1.50. The summed E-state index contributed by atoms with van der Waals surface area (Å²) in [6.07, 6.45) is 6.57. The monoisotopic (exact) mass is 296 g/mol. The van der Waals surface area contributed by atoms with Crippen LogP contribution in [0.15, 0.2) is 0 Å². The van der Waals surface area contributed by atoms with Crippen LogP contribution in [0.3, 0.4) is 0 Å². The molecule has 3 aliphatic rings. The summed E-state index contributed by atoms with van der Waals surface area (Å²) in [4.78, 5) is 16.8. The number of carbonyl (C=O) groups excluding carboxylic acids is 1. The zero-order chi connectivity index (χ0) is 14.7. The molecule has 120 valence electrons. The van der Waals surface area contributed by atoms with Crippen LogP contribution in [0.2, 0.25) is 0 Å². The molecule has 1 spiro atoms. The van der Waals surface area contributed by atoms with Crippen molar-refractivity contribution in [2.75, 3.05) is 39.3 Å². The van der Waals surface area contributed by atoms with E-state index in [0.717, 1.165) is 32.5 Å². The number of amides is 1. The molecule has 3 aliphatic heterocycles. The Morgan fingerprint density at radius 2 is 2.00 bits per heavy atom. The molecule has 2 atom stereocenters. The van der Waals surface area contributed by atoms with E-state index in [9.17, 15) is 9.90 Å². The summed E-state index contributed by atoms with van der Waals surface area (Å²) in [5, 5.41) is 10.2. The fourth-order valence-electron chi connectivity index (χ4n) is 3.96. The van der Waals surface area contributed by atoms with Crippen molar-refractivity contribution in [2.45, 2.75) is 56.7 Å². The predicted octanol–water partition coefficient (Wildman–Crippen LogP) is 1.00. The molecule has 0 saturated carbocycles. The van der Waals surface area contributed by atoms with E-state index in [2.05, 4.69) is 4.90 Å². The number of nitrogens with zero attached hydrogens (tertiary/aromatic N) is 2. The summed E-state index contributed by atoms with van der Waals surface area (Å²) in [6, 6.07) is 0. The molecular formula is C16H28N2O3. The molecule has 0 aromatic rings. The standard InChI is InChI=1S/C16H28N2O3/c19-14-5-11-18(13-16(14)7-4-12-21-16)15(20)6-10-17-8-2-1-3-9-17/h14,19H,1-13H2/t14-,16-/m0/s1. The van der Waals surface area contributed by atoms with Crippen LogP contribution in [0.4, 0.5) is 0 Å². The molecule has 0 bridgehead atoms. The third-order valence-corrected chi connectivity index (χ3v) is 5.32. The van der Waals surface area contributed by atoms with Crippen molar-refractivity contribution in [2.24, 2.45) is 0 Å². The van der Waals surface area contributed by atoms with Gasteiger partial charge in [-0.2, -0.15) is 0 Å². The van der Waals surface area contributed by atoms with Crippen LogP contribution in [-0.4, -0.2) is 71.8 Å². The molecule has 1 amide bonds. The van der Waals surface area contributed by atoms with Gasteiger partial charge < -0.3 is 19.6 Å². The third kappa shape index (κ3) is 3.41. The van der Waals surface area contributed by atoms with Gasteiger partial charge in [0, 0.05) is 26.1 Å². The number of hydrogen-bond acceptors (Lipinski definition) is 4. The first-order valence-corrected chi connectivity index (χ1v) is 8.52. The number of rotatable bonds is 3. The second-order valence-corrected chi connectivity index (χ2v) is 6.79. The number of aliphatic hydroxyl groups excluding tert-OH is 1. The second-order valence-electron chi connectivity index (χ2n) is 6.79. The lowest BCUT2D eigenvalue weighted by atomic mass is 9.87. The zero-order valence-electron chi connectivity index (χ0n) is 12.9. The maximum atomic E-state index is 12.4. The van der Waals surface area contributed by atoms with Gasteiger partial charge in [-0.05, 0) is 45.2 Å². The van der Waals surface area contributed by atoms with Gasteiger partial charge in [0.15, 0.2) is 0 Å². The molecule has 0 aliphatic carbocycles. The van der Waals surface area contributed by atoms with Gasteiger partial charge in [-0.15, -0.1) is 0 Å². The number of hydrogen-bond donors (Lipinski definition) is 1. The summed E-state index contributed by atoms with van der Waals surface area (Å²) in [5.74, 6) is 0.224. The molecule has 21 heavy (non-hydrogen) atoms. The summed E-state index contributed by atoms with van der Waals surface area (Å²) < 4.78 is 5.81. The highest BCUT2D eigenvalue weighted by molar-refractivity contribution is 5.76. The summed E-state index contributed by atoms with van der Waals surface area (Å²) in [5.41, 5.74) is -0.473. The minimum atomic E-state index is -0.473. The van der Waals surface area contributed by atoms with E-state index >= 15 is 0 Å². The fraction of sp³-hybridized carbons (Fsp3) is 0.938. The number of aliphatic hydroxyl groups is 1. The van der Waals surface area contributed by atoms with Gasteiger partial charge in [0.2, 0.25) is 5.91 Å². The Morgan fingerprint density at radius 3 is 2.71 bits per heavy atom.